The van der Waals surface area contributed by atoms with Crippen LogP contribution in [0.3, 0.4) is 0 Å². The Morgan fingerprint density at radius 3 is 2.72 bits per heavy atom. The predicted octanol–water partition coefficient (Wildman–Crippen LogP) is 3.71. The lowest BCUT2D eigenvalue weighted by Crippen LogP contribution is -2.32. The molecule has 1 rings (SSSR count). The largest absolute Gasteiger partial charge is 0.302 e. The van der Waals surface area contributed by atoms with Gasteiger partial charge in [-0.1, -0.05) is 34.1 Å². The van der Waals surface area contributed by atoms with Gasteiger partial charge in [-0.3, -0.25) is 4.79 Å². The van der Waals surface area contributed by atoms with E-state index in [1.165, 1.54) is 0 Å². The number of carbonyl (C=O) groups excluding carboxylic acids is 1. The van der Waals surface area contributed by atoms with Gasteiger partial charge in [-0.15, -0.1) is 0 Å². The van der Waals surface area contributed by atoms with Crippen molar-refractivity contribution in [2.24, 2.45) is 0 Å². The molecule has 4 heteroatoms. The quantitative estimate of drug-likeness (QED) is 0.711. The molecule has 1 atom stereocenters. The van der Waals surface area contributed by atoms with Crippen LogP contribution in [0.25, 0.3) is 0 Å². The monoisotopic (exact) mass is 329 g/mol. The maximum atomic E-state index is 12.1. The van der Waals surface area contributed by atoms with Gasteiger partial charge in [0.05, 0.1) is 0 Å². The predicted molar refractivity (Wildman–Crippen MR) is 83.6 cm³/mol. The van der Waals surface area contributed by atoms with Crippen molar-refractivity contribution in [3.63, 3.8) is 0 Å². The van der Waals surface area contributed by atoms with E-state index in [2.05, 4.69) is 41.1 Å². The third-order valence-electron chi connectivity index (χ3n) is 3.03. The molecule has 1 unspecified atom stereocenters. The number of thioether (sulfide) groups is 1. The second-order valence-corrected chi connectivity index (χ2v) is 6.20. The van der Waals surface area contributed by atoms with Crippen molar-refractivity contribution in [3.8, 4) is 0 Å². The van der Waals surface area contributed by atoms with Crippen molar-refractivity contribution >= 4 is 33.5 Å². The molecule has 0 heterocycles. The fraction of sp³-hybridized carbons (Fsp3) is 0.500. The Morgan fingerprint density at radius 1 is 1.44 bits per heavy atom. The van der Waals surface area contributed by atoms with Crippen molar-refractivity contribution in [1.29, 1.82) is 0 Å². The Bertz CT molecular complexity index is 397. The number of ketones is 1. The first-order chi connectivity index (χ1) is 8.56. The van der Waals surface area contributed by atoms with E-state index in [1.54, 1.807) is 0 Å². The molecular weight excluding hydrogens is 310 g/mol. The van der Waals surface area contributed by atoms with Crippen LogP contribution in [0.1, 0.15) is 23.7 Å². The number of hydrogen-bond donors (Lipinski definition) is 0. The summed E-state index contributed by atoms with van der Waals surface area (Å²) in [6.07, 6.45) is 2.68. The van der Waals surface area contributed by atoms with Gasteiger partial charge in [0, 0.05) is 34.8 Å². The molecule has 1 aromatic rings. The van der Waals surface area contributed by atoms with Gasteiger partial charge in [-0.25, -0.2) is 0 Å². The van der Waals surface area contributed by atoms with E-state index in [0.29, 0.717) is 12.5 Å². The van der Waals surface area contributed by atoms with E-state index in [1.807, 2.05) is 36.0 Å². The van der Waals surface area contributed by atoms with Gasteiger partial charge in [0.15, 0.2) is 5.78 Å². The Hall–Kier alpha value is -0.320. The zero-order valence-corrected chi connectivity index (χ0v) is 13.6. The number of rotatable bonds is 7. The van der Waals surface area contributed by atoms with E-state index in [4.69, 9.17) is 0 Å². The minimum Gasteiger partial charge on any atom is -0.302 e. The van der Waals surface area contributed by atoms with Crippen LogP contribution in [0.2, 0.25) is 0 Å². The molecule has 0 saturated heterocycles. The van der Waals surface area contributed by atoms with Crippen LogP contribution < -0.4 is 0 Å². The van der Waals surface area contributed by atoms with Crippen LogP contribution in [0, 0.1) is 0 Å². The van der Waals surface area contributed by atoms with Gasteiger partial charge in [0.2, 0.25) is 0 Å². The van der Waals surface area contributed by atoms with E-state index >= 15 is 0 Å². The van der Waals surface area contributed by atoms with Crippen LogP contribution in [0.4, 0.5) is 0 Å². The third-order valence-corrected chi connectivity index (χ3v) is 4.53. The summed E-state index contributed by atoms with van der Waals surface area (Å²) in [4.78, 5) is 14.3. The van der Waals surface area contributed by atoms with Crippen LogP contribution in [0.5, 0.6) is 0 Å². The van der Waals surface area contributed by atoms with Crippen LogP contribution >= 0.6 is 27.7 Å². The molecule has 0 aliphatic rings. The summed E-state index contributed by atoms with van der Waals surface area (Å²) in [6.45, 7) is 3.00. The fourth-order valence-electron chi connectivity index (χ4n) is 1.69. The zero-order valence-electron chi connectivity index (χ0n) is 11.1. The molecule has 0 spiro atoms. The van der Waals surface area contributed by atoms with E-state index < -0.39 is 0 Å². The van der Waals surface area contributed by atoms with Crippen molar-refractivity contribution in [3.05, 3.63) is 34.3 Å². The molecule has 0 bridgehead atoms. The molecule has 0 aliphatic heterocycles. The highest BCUT2D eigenvalue weighted by Gasteiger charge is 2.13. The van der Waals surface area contributed by atoms with E-state index in [9.17, 15) is 4.79 Å². The highest BCUT2D eigenvalue weighted by Crippen LogP contribution is 2.17. The Morgan fingerprint density at radius 2 is 2.11 bits per heavy atom. The fourth-order valence-corrected chi connectivity index (χ4v) is 2.93. The standard InChI is InChI=1S/C14H20BrNOS/c1-11(10-18-3)16(2)9-8-14(17)12-6-4-5-7-13(12)15/h4-7,11H,8-10H2,1-3H3. The number of Topliss-reactive ketones (excluding diaryl/α,β-unsaturated/α-hetero) is 1. The summed E-state index contributed by atoms with van der Waals surface area (Å²) >= 11 is 5.26. The summed E-state index contributed by atoms with van der Waals surface area (Å²) in [5.74, 6) is 1.30. The van der Waals surface area contributed by atoms with Crippen LogP contribution in [-0.2, 0) is 0 Å². The second kappa shape index (κ2) is 7.97. The van der Waals surface area contributed by atoms with Crippen molar-refractivity contribution in [2.45, 2.75) is 19.4 Å². The Labute approximate surface area is 122 Å². The average molecular weight is 330 g/mol. The molecule has 0 N–H and O–H groups in total. The molecule has 0 fully saturated rings. The minimum absolute atomic E-state index is 0.200. The molecule has 0 aliphatic carbocycles. The number of carbonyl (C=O) groups is 1. The Balaban J connectivity index is 2.49. The van der Waals surface area contributed by atoms with Gasteiger partial charge < -0.3 is 4.90 Å². The van der Waals surface area contributed by atoms with E-state index in [-0.39, 0.29) is 5.78 Å². The summed E-state index contributed by atoms with van der Waals surface area (Å²) in [7, 11) is 2.08. The topological polar surface area (TPSA) is 20.3 Å². The first-order valence-electron chi connectivity index (χ1n) is 6.03. The maximum absolute atomic E-state index is 12.1. The average Bonchev–Trinajstić information content (AvgIpc) is 2.36. The van der Waals surface area contributed by atoms with Crippen molar-refractivity contribution in [2.75, 3.05) is 25.6 Å². The summed E-state index contributed by atoms with van der Waals surface area (Å²) in [5.41, 5.74) is 0.781. The molecule has 1 aromatic carbocycles. The molecule has 100 valence electrons. The molecule has 0 radical (unpaired) electrons. The van der Waals surface area contributed by atoms with Crippen molar-refractivity contribution in [1.82, 2.24) is 4.90 Å². The second-order valence-electron chi connectivity index (χ2n) is 4.44. The summed E-state index contributed by atoms with van der Waals surface area (Å²) in [5, 5.41) is 0. The van der Waals surface area contributed by atoms with Crippen LogP contribution in [0.15, 0.2) is 28.7 Å². The van der Waals surface area contributed by atoms with Crippen LogP contribution in [-0.4, -0.2) is 42.3 Å². The molecule has 0 amide bonds. The number of hydrogen-bond acceptors (Lipinski definition) is 3. The molecule has 2 nitrogen and oxygen atoms in total. The lowest BCUT2D eigenvalue weighted by atomic mass is 10.1. The maximum Gasteiger partial charge on any atom is 0.165 e. The first kappa shape index (κ1) is 15.7. The molecule has 0 saturated carbocycles. The van der Waals surface area contributed by atoms with E-state index in [0.717, 1.165) is 22.3 Å². The van der Waals surface area contributed by atoms with Crippen molar-refractivity contribution < 1.29 is 4.79 Å². The normalized spacial score (nSPS) is 12.7. The lowest BCUT2D eigenvalue weighted by molar-refractivity contribution is 0.0963. The molecule has 0 aromatic heterocycles. The molecule has 18 heavy (non-hydrogen) atoms. The minimum atomic E-state index is 0.200. The van der Waals surface area contributed by atoms with Gasteiger partial charge in [-0.2, -0.15) is 11.8 Å². The summed E-state index contributed by atoms with van der Waals surface area (Å²) in [6, 6.07) is 8.11. The smallest absolute Gasteiger partial charge is 0.165 e. The Kier molecular flexibility index (Phi) is 6.97. The lowest BCUT2D eigenvalue weighted by Gasteiger charge is -2.23. The molecular formula is C14H20BrNOS. The number of halogens is 1. The number of nitrogens with zero attached hydrogens (tertiary/aromatic N) is 1. The van der Waals surface area contributed by atoms with Gasteiger partial charge in [0.1, 0.15) is 0 Å². The zero-order chi connectivity index (χ0) is 13.5. The first-order valence-corrected chi connectivity index (χ1v) is 8.22. The van der Waals surface area contributed by atoms with Gasteiger partial charge in [-0.05, 0) is 26.3 Å². The highest BCUT2D eigenvalue weighted by atomic mass is 79.9. The highest BCUT2D eigenvalue weighted by molar-refractivity contribution is 9.10. The number of benzene rings is 1. The van der Waals surface area contributed by atoms with Gasteiger partial charge in [0.25, 0.3) is 0 Å². The SMILES string of the molecule is CSCC(C)N(C)CCC(=O)c1ccccc1Br. The summed E-state index contributed by atoms with van der Waals surface area (Å²) < 4.78 is 0.884. The third kappa shape index (κ3) is 4.75. The van der Waals surface area contributed by atoms with Gasteiger partial charge >= 0.3 is 0 Å².